The fourth-order valence-electron chi connectivity index (χ4n) is 2.16. The van der Waals surface area contributed by atoms with Gasteiger partial charge < -0.3 is 0 Å². The predicted molar refractivity (Wildman–Crippen MR) is 74.2 cm³/mol. The second-order valence-corrected chi connectivity index (χ2v) is 5.46. The van der Waals surface area contributed by atoms with Gasteiger partial charge in [-0.1, -0.05) is 13.8 Å². The van der Waals surface area contributed by atoms with E-state index < -0.39 is 0 Å². The lowest BCUT2D eigenvalue weighted by Gasteiger charge is -2.35. The molecule has 0 aliphatic heterocycles. The van der Waals surface area contributed by atoms with E-state index in [-0.39, 0.29) is 5.54 Å². The summed E-state index contributed by atoms with van der Waals surface area (Å²) >= 11 is 1.70. The summed E-state index contributed by atoms with van der Waals surface area (Å²) in [6.07, 6.45) is 3.02. The van der Waals surface area contributed by atoms with Crippen molar-refractivity contribution in [3.8, 4) is 6.07 Å². The van der Waals surface area contributed by atoms with Crippen molar-refractivity contribution in [1.82, 2.24) is 4.90 Å². The summed E-state index contributed by atoms with van der Waals surface area (Å²) in [4.78, 5) is 2.32. The van der Waals surface area contributed by atoms with E-state index in [4.69, 9.17) is 0 Å². The molecule has 1 aromatic rings. The van der Waals surface area contributed by atoms with E-state index >= 15 is 0 Å². The molecule has 0 radical (unpaired) electrons. The van der Waals surface area contributed by atoms with Gasteiger partial charge in [0.1, 0.15) is 5.54 Å². The summed E-state index contributed by atoms with van der Waals surface area (Å²) in [6.45, 7) is 8.41. The van der Waals surface area contributed by atoms with E-state index in [0.29, 0.717) is 0 Å². The van der Waals surface area contributed by atoms with E-state index in [1.807, 2.05) is 0 Å². The van der Waals surface area contributed by atoms with Gasteiger partial charge in [0.2, 0.25) is 0 Å². The molecule has 1 rings (SSSR count). The highest BCUT2D eigenvalue weighted by atomic mass is 32.1. The fraction of sp³-hybridized carbons (Fsp3) is 0.643. The number of hydrogen-bond donors (Lipinski definition) is 0. The zero-order valence-corrected chi connectivity index (χ0v) is 11.9. The molecule has 2 nitrogen and oxygen atoms in total. The van der Waals surface area contributed by atoms with E-state index in [1.54, 1.807) is 11.3 Å². The maximum atomic E-state index is 9.52. The highest BCUT2D eigenvalue weighted by molar-refractivity contribution is 7.07. The monoisotopic (exact) mass is 250 g/mol. The maximum absolute atomic E-state index is 9.52. The first-order valence-electron chi connectivity index (χ1n) is 6.33. The Morgan fingerprint density at radius 3 is 2.41 bits per heavy atom. The Morgan fingerprint density at radius 1 is 1.35 bits per heavy atom. The Kier molecular flexibility index (Phi) is 5.67. The molecule has 0 saturated carbocycles. The minimum atomic E-state index is -0.368. The average Bonchev–Trinajstić information content (AvgIpc) is 2.81. The van der Waals surface area contributed by atoms with Gasteiger partial charge in [-0.15, -0.1) is 0 Å². The molecule has 0 amide bonds. The minimum Gasteiger partial charge on any atom is -0.286 e. The van der Waals surface area contributed by atoms with Gasteiger partial charge in [0.25, 0.3) is 0 Å². The van der Waals surface area contributed by atoms with Gasteiger partial charge in [-0.3, -0.25) is 4.90 Å². The van der Waals surface area contributed by atoms with E-state index in [9.17, 15) is 5.26 Å². The van der Waals surface area contributed by atoms with Crippen LogP contribution in [0.25, 0.3) is 0 Å². The summed E-state index contributed by atoms with van der Waals surface area (Å²) < 4.78 is 0. The normalized spacial score (nSPS) is 14.5. The number of thiophene rings is 1. The van der Waals surface area contributed by atoms with E-state index in [2.05, 4.69) is 48.6 Å². The molecule has 0 N–H and O–H groups in total. The van der Waals surface area contributed by atoms with Crippen LogP contribution in [0.1, 0.15) is 39.2 Å². The van der Waals surface area contributed by atoms with Crippen molar-refractivity contribution in [2.24, 2.45) is 0 Å². The molecule has 0 spiro atoms. The van der Waals surface area contributed by atoms with Crippen LogP contribution in [0.4, 0.5) is 0 Å². The lowest BCUT2D eigenvalue weighted by molar-refractivity contribution is 0.151. The van der Waals surface area contributed by atoms with Crippen LogP contribution < -0.4 is 0 Å². The number of hydrogen-bond acceptors (Lipinski definition) is 3. The molecule has 0 saturated heterocycles. The SMILES string of the molecule is CCCN(CCC)C(C)(C#N)Cc1ccsc1. The number of nitrogens with zero attached hydrogens (tertiary/aromatic N) is 2. The third-order valence-corrected chi connectivity index (χ3v) is 3.79. The smallest absolute Gasteiger partial charge is 0.110 e. The van der Waals surface area contributed by atoms with Crippen molar-refractivity contribution in [2.45, 2.75) is 45.6 Å². The van der Waals surface area contributed by atoms with Gasteiger partial charge in [-0.25, -0.2) is 0 Å². The molecule has 1 unspecified atom stereocenters. The molecule has 0 aliphatic rings. The highest BCUT2D eigenvalue weighted by Gasteiger charge is 2.31. The molecule has 17 heavy (non-hydrogen) atoms. The Balaban J connectivity index is 2.80. The molecule has 0 fully saturated rings. The van der Waals surface area contributed by atoms with Gasteiger partial charge in [0, 0.05) is 6.42 Å². The van der Waals surface area contributed by atoms with Gasteiger partial charge in [-0.2, -0.15) is 16.6 Å². The zero-order chi connectivity index (χ0) is 12.7. The summed E-state index contributed by atoms with van der Waals surface area (Å²) in [7, 11) is 0. The van der Waals surface area contributed by atoms with Gasteiger partial charge in [0.05, 0.1) is 6.07 Å². The molecular weight excluding hydrogens is 228 g/mol. The Bertz CT molecular complexity index is 347. The lowest BCUT2D eigenvalue weighted by atomic mass is 9.93. The highest BCUT2D eigenvalue weighted by Crippen LogP contribution is 2.22. The molecule has 1 atom stereocenters. The second-order valence-electron chi connectivity index (χ2n) is 4.68. The lowest BCUT2D eigenvalue weighted by Crippen LogP contribution is -2.47. The fourth-order valence-corrected chi connectivity index (χ4v) is 2.83. The van der Waals surface area contributed by atoms with Gasteiger partial charge in [-0.05, 0) is 55.2 Å². The number of rotatable bonds is 7. The van der Waals surface area contributed by atoms with Crippen LogP contribution in [-0.4, -0.2) is 23.5 Å². The quantitative estimate of drug-likeness (QED) is 0.738. The summed E-state index contributed by atoms with van der Waals surface area (Å²) in [5, 5.41) is 13.7. The molecule has 1 heterocycles. The van der Waals surface area contributed by atoms with Gasteiger partial charge >= 0.3 is 0 Å². The number of nitriles is 1. The summed E-state index contributed by atoms with van der Waals surface area (Å²) in [6, 6.07) is 4.64. The molecule has 3 heteroatoms. The summed E-state index contributed by atoms with van der Waals surface area (Å²) in [5.74, 6) is 0. The van der Waals surface area contributed by atoms with Crippen molar-refractivity contribution in [3.63, 3.8) is 0 Å². The largest absolute Gasteiger partial charge is 0.286 e. The van der Waals surface area contributed by atoms with Crippen LogP contribution in [0, 0.1) is 11.3 Å². The molecule has 0 bridgehead atoms. The van der Waals surface area contributed by atoms with Crippen molar-refractivity contribution in [3.05, 3.63) is 22.4 Å². The molecule has 94 valence electrons. The Morgan fingerprint density at radius 2 is 2.00 bits per heavy atom. The zero-order valence-electron chi connectivity index (χ0n) is 11.1. The third kappa shape index (κ3) is 3.83. The summed E-state index contributed by atoms with van der Waals surface area (Å²) in [5.41, 5.74) is 0.906. The van der Waals surface area contributed by atoms with Crippen molar-refractivity contribution >= 4 is 11.3 Å². The first-order chi connectivity index (χ1) is 8.16. The average molecular weight is 250 g/mol. The van der Waals surface area contributed by atoms with Crippen molar-refractivity contribution in [1.29, 1.82) is 5.26 Å². The molecule has 1 aromatic heterocycles. The second kappa shape index (κ2) is 6.78. The predicted octanol–water partition coefficient (Wildman–Crippen LogP) is 3.69. The maximum Gasteiger partial charge on any atom is 0.110 e. The Hall–Kier alpha value is -0.850. The first-order valence-corrected chi connectivity index (χ1v) is 7.28. The van der Waals surface area contributed by atoms with Crippen LogP contribution >= 0.6 is 11.3 Å². The van der Waals surface area contributed by atoms with E-state index in [1.165, 1.54) is 5.56 Å². The molecular formula is C14H22N2S. The standard InChI is InChI=1S/C14H22N2S/c1-4-7-16(8-5-2)14(3,12-15)10-13-6-9-17-11-13/h6,9,11H,4-5,7-8,10H2,1-3H3. The molecule has 0 aromatic carbocycles. The third-order valence-electron chi connectivity index (χ3n) is 3.05. The van der Waals surface area contributed by atoms with Crippen LogP contribution in [0.3, 0.4) is 0 Å². The first kappa shape index (κ1) is 14.2. The minimum absolute atomic E-state index is 0.368. The van der Waals surface area contributed by atoms with Crippen LogP contribution in [0.5, 0.6) is 0 Å². The van der Waals surface area contributed by atoms with Crippen LogP contribution in [0.2, 0.25) is 0 Å². The topological polar surface area (TPSA) is 27.0 Å². The van der Waals surface area contributed by atoms with Crippen molar-refractivity contribution in [2.75, 3.05) is 13.1 Å². The molecule has 0 aliphatic carbocycles. The van der Waals surface area contributed by atoms with Crippen LogP contribution in [0.15, 0.2) is 16.8 Å². The van der Waals surface area contributed by atoms with Crippen molar-refractivity contribution < 1.29 is 0 Å². The van der Waals surface area contributed by atoms with Crippen LogP contribution in [-0.2, 0) is 6.42 Å². The van der Waals surface area contributed by atoms with Gasteiger partial charge in [0.15, 0.2) is 0 Å². The van der Waals surface area contributed by atoms with E-state index in [0.717, 1.165) is 32.4 Å². The Labute approximate surface area is 109 Å².